The summed E-state index contributed by atoms with van der Waals surface area (Å²) in [7, 11) is 1.57. The molecule has 7 nitrogen and oxygen atoms in total. The number of aliphatic carboxylic acids is 1. The van der Waals surface area contributed by atoms with E-state index in [0.717, 1.165) is 0 Å². The zero-order valence-electron chi connectivity index (χ0n) is 11.5. The van der Waals surface area contributed by atoms with Gasteiger partial charge in [-0.05, 0) is 5.92 Å². The van der Waals surface area contributed by atoms with Crippen LogP contribution in [0, 0.1) is 5.92 Å². The standard InChI is InChI=1S/C12H20N2O5/c1-8(2)7-14(4-5-18-3)11(15)10-6-9(12(16)17)13-19-10/h8,10H,4-7H2,1-3H3,(H,16,17). The van der Waals surface area contributed by atoms with E-state index in [1.54, 1.807) is 12.0 Å². The van der Waals surface area contributed by atoms with Crippen LogP contribution >= 0.6 is 0 Å². The van der Waals surface area contributed by atoms with Crippen molar-refractivity contribution in [3.63, 3.8) is 0 Å². The molecule has 0 aromatic carbocycles. The summed E-state index contributed by atoms with van der Waals surface area (Å²) in [6.45, 7) is 5.46. The van der Waals surface area contributed by atoms with Crippen molar-refractivity contribution in [3.05, 3.63) is 0 Å². The summed E-state index contributed by atoms with van der Waals surface area (Å²) >= 11 is 0. The Morgan fingerprint density at radius 1 is 1.58 bits per heavy atom. The van der Waals surface area contributed by atoms with Crippen LogP contribution in [0.1, 0.15) is 20.3 Å². The van der Waals surface area contributed by atoms with E-state index >= 15 is 0 Å². The molecule has 1 aliphatic heterocycles. The van der Waals surface area contributed by atoms with Gasteiger partial charge < -0.3 is 19.6 Å². The second-order valence-electron chi connectivity index (χ2n) is 4.81. The molecule has 1 rings (SSSR count). The average molecular weight is 272 g/mol. The number of hydrogen-bond acceptors (Lipinski definition) is 5. The Kier molecular flexibility index (Phi) is 5.75. The van der Waals surface area contributed by atoms with Crippen LogP contribution in [-0.2, 0) is 19.2 Å². The van der Waals surface area contributed by atoms with Crippen LogP contribution < -0.4 is 0 Å². The Hall–Kier alpha value is -1.63. The first kappa shape index (κ1) is 15.4. The fourth-order valence-electron chi connectivity index (χ4n) is 1.77. The summed E-state index contributed by atoms with van der Waals surface area (Å²) in [6, 6.07) is 0. The number of ether oxygens (including phenoxy) is 1. The molecule has 1 heterocycles. The zero-order valence-corrected chi connectivity index (χ0v) is 11.5. The lowest BCUT2D eigenvalue weighted by molar-refractivity contribution is -0.143. The number of carbonyl (C=O) groups excluding carboxylic acids is 1. The minimum atomic E-state index is -1.15. The van der Waals surface area contributed by atoms with Crippen molar-refractivity contribution in [2.45, 2.75) is 26.4 Å². The van der Waals surface area contributed by atoms with Crippen molar-refractivity contribution in [1.82, 2.24) is 4.90 Å². The molecular formula is C12H20N2O5. The Morgan fingerprint density at radius 3 is 2.74 bits per heavy atom. The van der Waals surface area contributed by atoms with Gasteiger partial charge in [0.2, 0.25) is 6.10 Å². The van der Waals surface area contributed by atoms with Gasteiger partial charge in [-0.1, -0.05) is 19.0 Å². The van der Waals surface area contributed by atoms with Gasteiger partial charge in [0.25, 0.3) is 5.91 Å². The maximum atomic E-state index is 12.2. The fraction of sp³-hybridized carbons (Fsp3) is 0.750. The van der Waals surface area contributed by atoms with Gasteiger partial charge in [-0.3, -0.25) is 4.79 Å². The summed E-state index contributed by atoms with van der Waals surface area (Å²) in [5.41, 5.74) is -0.116. The number of carbonyl (C=O) groups is 2. The van der Waals surface area contributed by atoms with Crippen LogP contribution in [0.15, 0.2) is 5.16 Å². The van der Waals surface area contributed by atoms with Crippen LogP contribution in [0.4, 0.5) is 0 Å². The molecule has 0 aromatic heterocycles. The predicted molar refractivity (Wildman–Crippen MR) is 67.9 cm³/mol. The van der Waals surface area contributed by atoms with E-state index in [9.17, 15) is 9.59 Å². The van der Waals surface area contributed by atoms with E-state index in [1.165, 1.54) is 0 Å². The van der Waals surface area contributed by atoms with Crippen molar-refractivity contribution in [3.8, 4) is 0 Å². The minimum absolute atomic E-state index is 0.00967. The lowest BCUT2D eigenvalue weighted by Crippen LogP contribution is -2.43. The van der Waals surface area contributed by atoms with E-state index in [4.69, 9.17) is 14.7 Å². The summed E-state index contributed by atoms with van der Waals surface area (Å²) in [6.07, 6.45) is -0.822. The van der Waals surface area contributed by atoms with Crippen molar-refractivity contribution < 1.29 is 24.3 Å². The van der Waals surface area contributed by atoms with E-state index in [0.29, 0.717) is 25.6 Å². The quantitative estimate of drug-likeness (QED) is 0.722. The van der Waals surface area contributed by atoms with Crippen molar-refractivity contribution in [1.29, 1.82) is 0 Å². The number of methoxy groups -OCH3 is 1. The number of nitrogens with zero attached hydrogens (tertiary/aromatic N) is 2. The van der Waals surface area contributed by atoms with Gasteiger partial charge in [-0.15, -0.1) is 0 Å². The molecule has 1 unspecified atom stereocenters. The molecule has 19 heavy (non-hydrogen) atoms. The summed E-state index contributed by atoms with van der Waals surface area (Å²) in [4.78, 5) is 29.5. The predicted octanol–water partition coefficient (Wildman–Crippen LogP) is 0.347. The Morgan fingerprint density at radius 2 is 2.26 bits per heavy atom. The number of oxime groups is 1. The fourth-order valence-corrected chi connectivity index (χ4v) is 1.77. The summed E-state index contributed by atoms with van der Waals surface area (Å²) in [5.74, 6) is -1.09. The Bertz CT molecular complexity index is 367. The lowest BCUT2D eigenvalue weighted by Gasteiger charge is -2.26. The van der Waals surface area contributed by atoms with Crippen molar-refractivity contribution in [2.75, 3.05) is 26.8 Å². The van der Waals surface area contributed by atoms with E-state index in [1.807, 2.05) is 13.8 Å². The monoisotopic (exact) mass is 272 g/mol. The molecule has 0 spiro atoms. The van der Waals surface area contributed by atoms with Crippen molar-refractivity contribution in [2.24, 2.45) is 11.1 Å². The van der Waals surface area contributed by atoms with Crippen LogP contribution in [0.2, 0.25) is 0 Å². The van der Waals surface area contributed by atoms with Gasteiger partial charge >= 0.3 is 5.97 Å². The first-order valence-corrected chi connectivity index (χ1v) is 6.19. The second-order valence-corrected chi connectivity index (χ2v) is 4.81. The van der Waals surface area contributed by atoms with E-state index < -0.39 is 12.1 Å². The van der Waals surface area contributed by atoms with Crippen LogP contribution in [0.5, 0.6) is 0 Å². The summed E-state index contributed by atoms with van der Waals surface area (Å²) < 4.78 is 4.97. The molecule has 0 radical (unpaired) electrons. The average Bonchev–Trinajstić information content (AvgIpc) is 2.82. The van der Waals surface area contributed by atoms with Gasteiger partial charge in [-0.2, -0.15) is 0 Å². The third-order valence-electron chi connectivity index (χ3n) is 2.65. The van der Waals surface area contributed by atoms with E-state index in [-0.39, 0.29) is 18.0 Å². The smallest absolute Gasteiger partial charge is 0.353 e. The number of carboxylic acids is 1. The third-order valence-corrected chi connectivity index (χ3v) is 2.65. The molecule has 0 fully saturated rings. The maximum absolute atomic E-state index is 12.2. The minimum Gasteiger partial charge on any atom is -0.477 e. The number of carboxylic acid groups (broad SMARTS) is 1. The Balaban J connectivity index is 2.60. The van der Waals surface area contributed by atoms with E-state index in [2.05, 4.69) is 5.16 Å². The van der Waals surface area contributed by atoms with Gasteiger partial charge in [0.1, 0.15) is 0 Å². The van der Waals surface area contributed by atoms with Crippen LogP contribution in [0.25, 0.3) is 0 Å². The molecule has 1 aliphatic rings. The number of rotatable bonds is 7. The highest BCUT2D eigenvalue weighted by Gasteiger charge is 2.34. The normalized spacial score (nSPS) is 18.1. The lowest BCUT2D eigenvalue weighted by atomic mass is 10.1. The molecule has 0 saturated carbocycles. The molecule has 0 bridgehead atoms. The third kappa shape index (κ3) is 4.51. The summed E-state index contributed by atoms with van der Waals surface area (Å²) in [5, 5.41) is 12.2. The van der Waals surface area contributed by atoms with Gasteiger partial charge in [0.15, 0.2) is 5.71 Å². The number of amides is 1. The topological polar surface area (TPSA) is 88.4 Å². The largest absolute Gasteiger partial charge is 0.477 e. The molecule has 0 saturated heterocycles. The SMILES string of the molecule is COCCN(CC(C)C)C(=O)C1CC(C(=O)O)=NO1. The molecule has 1 amide bonds. The Labute approximate surface area is 112 Å². The first-order chi connectivity index (χ1) is 8.95. The first-order valence-electron chi connectivity index (χ1n) is 6.19. The molecule has 108 valence electrons. The van der Waals surface area contributed by atoms with Gasteiger partial charge in [0.05, 0.1) is 6.61 Å². The zero-order chi connectivity index (χ0) is 14.4. The molecule has 1 N–H and O–H groups in total. The highest BCUT2D eigenvalue weighted by atomic mass is 16.6. The molecule has 0 aromatic rings. The molecular weight excluding hydrogens is 252 g/mol. The van der Waals surface area contributed by atoms with Gasteiger partial charge in [-0.25, -0.2) is 4.79 Å². The van der Waals surface area contributed by atoms with Gasteiger partial charge in [0, 0.05) is 26.6 Å². The molecule has 0 aliphatic carbocycles. The maximum Gasteiger partial charge on any atom is 0.353 e. The van der Waals surface area contributed by atoms with Crippen LogP contribution in [-0.4, -0.2) is 60.5 Å². The molecule has 7 heteroatoms. The van der Waals surface area contributed by atoms with Crippen LogP contribution in [0.3, 0.4) is 0 Å². The molecule has 1 atom stereocenters. The highest BCUT2D eigenvalue weighted by molar-refractivity contribution is 6.36. The van der Waals surface area contributed by atoms with Crippen molar-refractivity contribution >= 4 is 17.6 Å². The number of hydrogen-bond donors (Lipinski definition) is 1. The highest BCUT2D eigenvalue weighted by Crippen LogP contribution is 2.14. The second kappa shape index (κ2) is 7.08.